The van der Waals surface area contributed by atoms with Crippen LogP contribution in [0.2, 0.25) is 0 Å². The number of ether oxygens (including phenoxy) is 1. The second-order valence-electron chi connectivity index (χ2n) is 6.22. The van der Waals surface area contributed by atoms with Crippen molar-refractivity contribution in [1.82, 2.24) is 30.0 Å². The van der Waals surface area contributed by atoms with Crippen LogP contribution in [0.25, 0.3) is 0 Å². The number of carbonyl (C=O) groups is 1. The molecule has 0 unspecified atom stereocenters. The Morgan fingerprint density at radius 1 is 1.32 bits per heavy atom. The second kappa shape index (κ2) is 8.06. The molecule has 0 saturated carbocycles. The maximum absolute atomic E-state index is 12.5. The van der Waals surface area contributed by atoms with E-state index in [9.17, 15) is 4.79 Å². The van der Waals surface area contributed by atoms with Gasteiger partial charge >= 0.3 is 0 Å². The van der Waals surface area contributed by atoms with Crippen molar-refractivity contribution in [3.63, 3.8) is 0 Å². The van der Waals surface area contributed by atoms with E-state index in [2.05, 4.69) is 33.4 Å². The number of tetrazole rings is 1. The number of aromatic nitrogens is 4. The summed E-state index contributed by atoms with van der Waals surface area (Å²) in [7, 11) is 0. The minimum atomic E-state index is 0.0502. The Morgan fingerprint density at radius 2 is 2.16 bits per heavy atom. The molecule has 8 heteroatoms. The monoisotopic (exact) mass is 344 g/mol. The van der Waals surface area contributed by atoms with Gasteiger partial charge in [0.1, 0.15) is 18.6 Å². The zero-order valence-corrected chi connectivity index (χ0v) is 14.7. The van der Waals surface area contributed by atoms with E-state index >= 15 is 0 Å². The zero-order valence-electron chi connectivity index (χ0n) is 14.7. The molecule has 25 heavy (non-hydrogen) atoms. The summed E-state index contributed by atoms with van der Waals surface area (Å²) < 4.78 is 7.17. The van der Waals surface area contributed by atoms with E-state index in [1.54, 1.807) is 0 Å². The number of para-hydroxylation sites is 1. The van der Waals surface area contributed by atoms with Crippen LogP contribution in [0.15, 0.2) is 30.6 Å². The predicted molar refractivity (Wildman–Crippen MR) is 91.9 cm³/mol. The SMILES string of the molecule is CCOc1ccccc1CN1CCN(C(=O)Cn2cnnn2)[C@@H](C)C1. The Labute approximate surface area is 147 Å². The van der Waals surface area contributed by atoms with E-state index < -0.39 is 0 Å². The lowest BCUT2D eigenvalue weighted by Gasteiger charge is -2.40. The number of hydrogen-bond acceptors (Lipinski definition) is 6. The van der Waals surface area contributed by atoms with E-state index in [0.29, 0.717) is 13.2 Å². The molecule has 1 fully saturated rings. The van der Waals surface area contributed by atoms with Crippen LogP contribution in [0.5, 0.6) is 5.75 Å². The van der Waals surface area contributed by atoms with Crippen LogP contribution in [0.4, 0.5) is 0 Å². The van der Waals surface area contributed by atoms with Crippen molar-refractivity contribution in [3.05, 3.63) is 36.2 Å². The quantitative estimate of drug-likeness (QED) is 0.772. The van der Waals surface area contributed by atoms with Crippen molar-refractivity contribution < 1.29 is 9.53 Å². The van der Waals surface area contributed by atoms with Gasteiger partial charge < -0.3 is 9.64 Å². The molecule has 1 aromatic carbocycles. The molecule has 1 aliphatic rings. The highest BCUT2D eigenvalue weighted by molar-refractivity contribution is 5.76. The fraction of sp³-hybridized carbons (Fsp3) is 0.529. The van der Waals surface area contributed by atoms with E-state index in [0.717, 1.165) is 25.4 Å². The molecule has 134 valence electrons. The summed E-state index contributed by atoms with van der Waals surface area (Å²) in [6.07, 6.45) is 1.46. The Balaban J connectivity index is 1.57. The van der Waals surface area contributed by atoms with Crippen LogP contribution in [0, 0.1) is 0 Å². The van der Waals surface area contributed by atoms with E-state index in [-0.39, 0.29) is 18.5 Å². The summed E-state index contributed by atoms with van der Waals surface area (Å²) in [5.41, 5.74) is 1.19. The molecule has 1 aromatic heterocycles. The van der Waals surface area contributed by atoms with Gasteiger partial charge in [-0.05, 0) is 30.3 Å². The molecule has 1 amide bonds. The molecule has 0 radical (unpaired) electrons. The van der Waals surface area contributed by atoms with Gasteiger partial charge in [-0.1, -0.05) is 18.2 Å². The Morgan fingerprint density at radius 3 is 2.88 bits per heavy atom. The summed E-state index contributed by atoms with van der Waals surface area (Å²) in [4.78, 5) is 16.7. The molecule has 0 N–H and O–H groups in total. The molecular weight excluding hydrogens is 320 g/mol. The summed E-state index contributed by atoms with van der Waals surface area (Å²) in [5.74, 6) is 0.990. The number of benzene rings is 1. The molecule has 1 atom stereocenters. The van der Waals surface area contributed by atoms with Gasteiger partial charge in [0, 0.05) is 37.8 Å². The van der Waals surface area contributed by atoms with E-state index in [1.807, 2.05) is 30.0 Å². The van der Waals surface area contributed by atoms with Crippen molar-refractivity contribution in [2.75, 3.05) is 26.2 Å². The summed E-state index contributed by atoms with van der Waals surface area (Å²) in [5, 5.41) is 10.9. The van der Waals surface area contributed by atoms with Crippen molar-refractivity contribution in [2.45, 2.75) is 33.0 Å². The fourth-order valence-corrected chi connectivity index (χ4v) is 3.20. The minimum Gasteiger partial charge on any atom is -0.494 e. The van der Waals surface area contributed by atoms with Crippen LogP contribution in [-0.4, -0.2) is 68.2 Å². The summed E-state index contributed by atoms with van der Waals surface area (Å²) in [6, 6.07) is 8.29. The highest BCUT2D eigenvalue weighted by Gasteiger charge is 2.28. The average molecular weight is 344 g/mol. The van der Waals surface area contributed by atoms with Crippen molar-refractivity contribution in [1.29, 1.82) is 0 Å². The molecular formula is C17H24N6O2. The lowest BCUT2D eigenvalue weighted by atomic mass is 10.1. The number of hydrogen-bond donors (Lipinski definition) is 0. The highest BCUT2D eigenvalue weighted by atomic mass is 16.5. The minimum absolute atomic E-state index is 0.0502. The summed E-state index contributed by atoms with van der Waals surface area (Å²) in [6.45, 7) is 8.13. The normalized spacial score (nSPS) is 18.3. The van der Waals surface area contributed by atoms with E-state index in [4.69, 9.17) is 4.74 Å². The van der Waals surface area contributed by atoms with Crippen LogP contribution < -0.4 is 4.74 Å². The molecule has 8 nitrogen and oxygen atoms in total. The van der Waals surface area contributed by atoms with Crippen molar-refractivity contribution >= 4 is 5.91 Å². The molecule has 0 spiro atoms. The molecule has 1 aliphatic heterocycles. The van der Waals surface area contributed by atoms with Gasteiger partial charge in [-0.15, -0.1) is 5.10 Å². The van der Waals surface area contributed by atoms with Gasteiger partial charge in [0.25, 0.3) is 0 Å². The Kier molecular flexibility index (Phi) is 5.60. The number of amides is 1. The molecule has 1 saturated heterocycles. The first kappa shape index (κ1) is 17.3. The van der Waals surface area contributed by atoms with Gasteiger partial charge in [0.15, 0.2) is 0 Å². The van der Waals surface area contributed by atoms with Crippen molar-refractivity contribution in [3.8, 4) is 5.75 Å². The molecule has 2 aromatic rings. The van der Waals surface area contributed by atoms with Crippen LogP contribution in [0.3, 0.4) is 0 Å². The zero-order chi connectivity index (χ0) is 17.6. The van der Waals surface area contributed by atoms with E-state index in [1.165, 1.54) is 16.6 Å². The standard InChI is InChI=1S/C17H24N6O2/c1-3-25-16-7-5-4-6-15(16)11-21-8-9-23(14(2)10-21)17(24)12-22-13-18-19-20-22/h4-7,13-14H,3,8-12H2,1-2H3/t14-/m0/s1. The molecule has 0 aliphatic carbocycles. The first-order valence-corrected chi connectivity index (χ1v) is 8.60. The third-order valence-electron chi connectivity index (χ3n) is 4.39. The average Bonchev–Trinajstić information content (AvgIpc) is 3.10. The van der Waals surface area contributed by atoms with Gasteiger partial charge in [-0.2, -0.15) is 0 Å². The highest BCUT2D eigenvalue weighted by Crippen LogP contribution is 2.21. The second-order valence-corrected chi connectivity index (χ2v) is 6.22. The fourth-order valence-electron chi connectivity index (χ4n) is 3.20. The van der Waals surface area contributed by atoms with Gasteiger partial charge in [-0.25, -0.2) is 4.68 Å². The maximum atomic E-state index is 12.5. The van der Waals surface area contributed by atoms with Crippen molar-refractivity contribution in [2.24, 2.45) is 0 Å². The Bertz CT molecular complexity index is 690. The first-order valence-electron chi connectivity index (χ1n) is 8.60. The third kappa shape index (κ3) is 4.33. The maximum Gasteiger partial charge on any atom is 0.244 e. The smallest absolute Gasteiger partial charge is 0.244 e. The number of carbonyl (C=O) groups excluding carboxylic acids is 1. The number of piperazine rings is 1. The topological polar surface area (TPSA) is 76.4 Å². The lowest BCUT2D eigenvalue weighted by Crippen LogP contribution is -2.54. The molecule has 3 rings (SSSR count). The van der Waals surface area contributed by atoms with Crippen LogP contribution in [-0.2, 0) is 17.9 Å². The number of nitrogens with zero attached hydrogens (tertiary/aromatic N) is 6. The first-order chi connectivity index (χ1) is 12.2. The van der Waals surface area contributed by atoms with Crippen LogP contribution >= 0.6 is 0 Å². The molecule has 2 heterocycles. The van der Waals surface area contributed by atoms with Crippen LogP contribution in [0.1, 0.15) is 19.4 Å². The lowest BCUT2D eigenvalue weighted by molar-refractivity contribution is -0.136. The van der Waals surface area contributed by atoms with Gasteiger partial charge in [-0.3, -0.25) is 9.69 Å². The largest absolute Gasteiger partial charge is 0.494 e. The van der Waals surface area contributed by atoms with Gasteiger partial charge in [0.05, 0.1) is 6.61 Å². The third-order valence-corrected chi connectivity index (χ3v) is 4.39. The molecule has 0 bridgehead atoms. The Hall–Kier alpha value is -2.48. The predicted octanol–water partition coefficient (Wildman–Crippen LogP) is 0.805. The number of rotatable bonds is 6. The van der Waals surface area contributed by atoms with Gasteiger partial charge in [0.2, 0.25) is 5.91 Å². The summed E-state index contributed by atoms with van der Waals surface area (Å²) >= 11 is 0.